The number of halogens is 2. The van der Waals surface area contributed by atoms with Gasteiger partial charge < -0.3 is 10.1 Å². The fourth-order valence-electron chi connectivity index (χ4n) is 2.19. The molecule has 2 rings (SSSR count). The Morgan fingerprint density at radius 1 is 1.40 bits per heavy atom. The molecule has 1 aliphatic rings. The lowest BCUT2D eigenvalue weighted by atomic mass is 9.99. The van der Waals surface area contributed by atoms with Crippen LogP contribution in [0.5, 0.6) is 5.75 Å². The molecule has 0 bridgehead atoms. The van der Waals surface area contributed by atoms with E-state index in [2.05, 4.69) is 10.2 Å². The summed E-state index contributed by atoms with van der Waals surface area (Å²) in [6.07, 6.45) is 0. The molecule has 0 spiro atoms. The predicted molar refractivity (Wildman–Crippen MR) is 80.6 cm³/mol. The van der Waals surface area contributed by atoms with E-state index in [-0.39, 0.29) is 5.91 Å². The number of hydrogen-bond donors (Lipinski definition) is 1. The Kier molecular flexibility index (Phi) is 4.78. The predicted octanol–water partition coefficient (Wildman–Crippen LogP) is 2.58. The number of rotatable bonds is 4. The number of ether oxygens (including phenoxy) is 1. The molecule has 1 saturated heterocycles. The van der Waals surface area contributed by atoms with Crippen molar-refractivity contribution in [3.8, 4) is 5.75 Å². The maximum atomic E-state index is 11.8. The molecule has 0 radical (unpaired) electrons. The van der Waals surface area contributed by atoms with E-state index in [1.165, 1.54) is 0 Å². The molecule has 1 aliphatic heterocycles. The van der Waals surface area contributed by atoms with Gasteiger partial charge in [-0.05, 0) is 32.0 Å². The molecule has 1 aromatic carbocycles. The summed E-state index contributed by atoms with van der Waals surface area (Å²) >= 11 is 11.9. The second-order valence-corrected chi connectivity index (χ2v) is 6.07. The molecule has 0 unspecified atom stereocenters. The summed E-state index contributed by atoms with van der Waals surface area (Å²) in [4.78, 5) is 13.9. The van der Waals surface area contributed by atoms with Crippen LogP contribution in [-0.4, -0.2) is 42.6 Å². The first-order chi connectivity index (χ1) is 9.41. The van der Waals surface area contributed by atoms with E-state index in [0.717, 1.165) is 6.54 Å². The van der Waals surface area contributed by atoms with Crippen molar-refractivity contribution in [3.05, 3.63) is 28.2 Å². The molecular formula is C14H18Cl2N2O2. The number of nitrogens with one attached hydrogen (secondary N) is 1. The van der Waals surface area contributed by atoms with Crippen LogP contribution < -0.4 is 10.1 Å². The van der Waals surface area contributed by atoms with Crippen molar-refractivity contribution in [1.29, 1.82) is 0 Å². The molecule has 1 fully saturated rings. The van der Waals surface area contributed by atoms with Crippen LogP contribution in [-0.2, 0) is 4.79 Å². The van der Waals surface area contributed by atoms with Gasteiger partial charge in [0.1, 0.15) is 12.4 Å². The van der Waals surface area contributed by atoms with Crippen LogP contribution in [0.1, 0.15) is 13.8 Å². The first kappa shape index (κ1) is 15.4. The van der Waals surface area contributed by atoms with E-state index in [1.54, 1.807) is 18.2 Å². The van der Waals surface area contributed by atoms with Crippen molar-refractivity contribution < 1.29 is 9.53 Å². The standard InChI is InChI=1S/C14H18Cl2N2O2/c1-14(2)13(19)17-5-6-18(14)7-8-20-12-4-3-10(15)9-11(12)16/h3-4,9H,5-8H2,1-2H3,(H,17,19). The Labute approximate surface area is 129 Å². The monoisotopic (exact) mass is 316 g/mol. The highest BCUT2D eigenvalue weighted by atomic mass is 35.5. The van der Waals surface area contributed by atoms with E-state index >= 15 is 0 Å². The maximum Gasteiger partial charge on any atom is 0.240 e. The Hall–Kier alpha value is -0.970. The smallest absolute Gasteiger partial charge is 0.240 e. The summed E-state index contributed by atoms with van der Waals surface area (Å²) in [5.74, 6) is 0.656. The van der Waals surface area contributed by atoms with Crippen molar-refractivity contribution in [2.45, 2.75) is 19.4 Å². The second-order valence-electron chi connectivity index (χ2n) is 5.23. The number of carbonyl (C=O) groups is 1. The third-order valence-electron chi connectivity index (χ3n) is 3.53. The van der Waals surface area contributed by atoms with Crippen molar-refractivity contribution in [2.24, 2.45) is 0 Å². The Bertz CT molecular complexity index is 506. The van der Waals surface area contributed by atoms with Crippen molar-refractivity contribution in [2.75, 3.05) is 26.2 Å². The Morgan fingerprint density at radius 3 is 2.85 bits per heavy atom. The van der Waals surface area contributed by atoms with E-state index in [1.807, 2.05) is 13.8 Å². The van der Waals surface area contributed by atoms with Gasteiger partial charge in [-0.15, -0.1) is 0 Å². The first-order valence-electron chi connectivity index (χ1n) is 6.52. The Balaban J connectivity index is 1.91. The molecule has 1 amide bonds. The largest absolute Gasteiger partial charge is 0.491 e. The molecule has 4 nitrogen and oxygen atoms in total. The molecule has 0 aliphatic carbocycles. The normalized spacial score (nSPS) is 18.7. The highest BCUT2D eigenvalue weighted by Gasteiger charge is 2.37. The number of benzene rings is 1. The van der Waals surface area contributed by atoms with Crippen LogP contribution in [0.4, 0.5) is 0 Å². The second kappa shape index (κ2) is 6.20. The van der Waals surface area contributed by atoms with Gasteiger partial charge in [-0.3, -0.25) is 9.69 Å². The molecule has 20 heavy (non-hydrogen) atoms. The SMILES string of the molecule is CC1(C)C(=O)NCCN1CCOc1ccc(Cl)cc1Cl. The van der Waals surface area contributed by atoms with Crippen LogP contribution >= 0.6 is 23.2 Å². The van der Waals surface area contributed by atoms with E-state index in [4.69, 9.17) is 27.9 Å². The average molecular weight is 317 g/mol. The lowest BCUT2D eigenvalue weighted by Crippen LogP contribution is -2.62. The fraction of sp³-hybridized carbons (Fsp3) is 0.500. The zero-order chi connectivity index (χ0) is 14.8. The molecule has 0 saturated carbocycles. The summed E-state index contributed by atoms with van der Waals surface area (Å²) in [6, 6.07) is 5.14. The molecule has 1 N–H and O–H groups in total. The van der Waals surface area contributed by atoms with Gasteiger partial charge in [0.2, 0.25) is 5.91 Å². The van der Waals surface area contributed by atoms with Gasteiger partial charge in [-0.1, -0.05) is 23.2 Å². The first-order valence-corrected chi connectivity index (χ1v) is 7.28. The zero-order valence-corrected chi connectivity index (χ0v) is 13.1. The zero-order valence-electron chi connectivity index (χ0n) is 11.6. The molecular weight excluding hydrogens is 299 g/mol. The summed E-state index contributed by atoms with van der Waals surface area (Å²) in [6.45, 7) is 6.45. The minimum Gasteiger partial charge on any atom is -0.491 e. The fourth-order valence-corrected chi connectivity index (χ4v) is 2.66. The van der Waals surface area contributed by atoms with Crippen LogP contribution in [0.25, 0.3) is 0 Å². The van der Waals surface area contributed by atoms with Crippen molar-refractivity contribution in [1.82, 2.24) is 10.2 Å². The van der Waals surface area contributed by atoms with Gasteiger partial charge in [-0.25, -0.2) is 0 Å². The van der Waals surface area contributed by atoms with Crippen molar-refractivity contribution >= 4 is 29.1 Å². The van der Waals surface area contributed by atoms with Crippen LogP contribution in [0.15, 0.2) is 18.2 Å². The van der Waals surface area contributed by atoms with Crippen LogP contribution in [0.2, 0.25) is 10.0 Å². The van der Waals surface area contributed by atoms with Gasteiger partial charge in [0.05, 0.1) is 10.6 Å². The molecule has 6 heteroatoms. The van der Waals surface area contributed by atoms with Crippen LogP contribution in [0.3, 0.4) is 0 Å². The highest BCUT2D eigenvalue weighted by molar-refractivity contribution is 6.35. The van der Waals surface area contributed by atoms with E-state index in [9.17, 15) is 4.79 Å². The van der Waals surface area contributed by atoms with Crippen LogP contribution in [0, 0.1) is 0 Å². The summed E-state index contributed by atoms with van der Waals surface area (Å²) < 4.78 is 5.66. The molecule has 1 heterocycles. The topological polar surface area (TPSA) is 41.6 Å². The van der Waals surface area contributed by atoms with E-state index < -0.39 is 5.54 Å². The quantitative estimate of drug-likeness (QED) is 0.928. The van der Waals surface area contributed by atoms with E-state index in [0.29, 0.717) is 35.5 Å². The number of hydrogen-bond acceptors (Lipinski definition) is 3. The number of amides is 1. The third kappa shape index (κ3) is 3.37. The number of nitrogens with zero attached hydrogens (tertiary/aromatic N) is 1. The molecule has 110 valence electrons. The van der Waals surface area contributed by atoms with Gasteiger partial charge in [0.15, 0.2) is 0 Å². The van der Waals surface area contributed by atoms with Gasteiger partial charge in [-0.2, -0.15) is 0 Å². The van der Waals surface area contributed by atoms with Crippen molar-refractivity contribution in [3.63, 3.8) is 0 Å². The maximum absolute atomic E-state index is 11.8. The lowest BCUT2D eigenvalue weighted by Gasteiger charge is -2.41. The summed E-state index contributed by atoms with van der Waals surface area (Å²) in [5, 5.41) is 3.94. The lowest BCUT2D eigenvalue weighted by molar-refractivity contribution is -0.135. The third-order valence-corrected chi connectivity index (χ3v) is 4.06. The summed E-state index contributed by atoms with van der Waals surface area (Å²) in [5.41, 5.74) is -0.509. The Morgan fingerprint density at radius 2 is 2.15 bits per heavy atom. The van der Waals surface area contributed by atoms with Gasteiger partial charge in [0.25, 0.3) is 0 Å². The molecule has 0 aromatic heterocycles. The average Bonchev–Trinajstić information content (AvgIpc) is 2.37. The number of piperazine rings is 1. The summed E-state index contributed by atoms with van der Waals surface area (Å²) in [7, 11) is 0. The van der Waals surface area contributed by atoms with Gasteiger partial charge >= 0.3 is 0 Å². The number of carbonyl (C=O) groups excluding carboxylic acids is 1. The highest BCUT2D eigenvalue weighted by Crippen LogP contribution is 2.27. The molecule has 1 aromatic rings. The minimum absolute atomic E-state index is 0.0493. The van der Waals surface area contributed by atoms with Gasteiger partial charge in [0, 0.05) is 24.7 Å². The molecule has 0 atom stereocenters. The minimum atomic E-state index is -0.509.